The van der Waals surface area contributed by atoms with Gasteiger partial charge in [-0.25, -0.2) is 0 Å². The molecule has 1 aromatic heterocycles. The van der Waals surface area contributed by atoms with Crippen molar-refractivity contribution in [3.05, 3.63) is 30.3 Å². The molecule has 1 heterocycles. The minimum absolute atomic E-state index is 0.250. The van der Waals surface area contributed by atoms with Gasteiger partial charge in [-0.2, -0.15) is 4.80 Å². The van der Waals surface area contributed by atoms with Crippen LogP contribution in [0.3, 0.4) is 0 Å². The van der Waals surface area contributed by atoms with Gasteiger partial charge in [0.15, 0.2) is 0 Å². The molecule has 0 spiro atoms. The molecule has 0 amide bonds. The van der Waals surface area contributed by atoms with E-state index in [2.05, 4.69) is 15.4 Å². The predicted molar refractivity (Wildman–Crippen MR) is 64.2 cm³/mol. The standard InChI is InChI=1S/C12H16N4O/c17-10-6-2-5-9-16-14-12(13-15-16)11-7-3-1-4-8-11/h1,3-4,7-8,17H,2,5-6,9-10H2. The van der Waals surface area contributed by atoms with E-state index in [0.29, 0.717) is 5.82 Å². The maximum absolute atomic E-state index is 8.67. The summed E-state index contributed by atoms with van der Waals surface area (Å²) < 4.78 is 0. The van der Waals surface area contributed by atoms with E-state index >= 15 is 0 Å². The maximum Gasteiger partial charge on any atom is 0.204 e. The second-order valence-electron chi connectivity index (χ2n) is 3.86. The monoisotopic (exact) mass is 232 g/mol. The smallest absolute Gasteiger partial charge is 0.204 e. The second-order valence-corrected chi connectivity index (χ2v) is 3.86. The van der Waals surface area contributed by atoms with Crippen molar-refractivity contribution in [2.45, 2.75) is 25.8 Å². The van der Waals surface area contributed by atoms with Crippen LogP contribution in [-0.2, 0) is 6.54 Å². The molecule has 2 aromatic rings. The molecule has 0 unspecified atom stereocenters. The summed E-state index contributed by atoms with van der Waals surface area (Å²) in [5.74, 6) is 0.660. The van der Waals surface area contributed by atoms with Crippen LogP contribution in [-0.4, -0.2) is 31.9 Å². The first kappa shape index (κ1) is 11.7. The molecule has 90 valence electrons. The van der Waals surface area contributed by atoms with Crippen LogP contribution in [0.2, 0.25) is 0 Å². The Labute approximate surface area is 100 Å². The van der Waals surface area contributed by atoms with Gasteiger partial charge < -0.3 is 5.11 Å². The normalized spacial score (nSPS) is 10.6. The van der Waals surface area contributed by atoms with Crippen molar-refractivity contribution >= 4 is 0 Å². The van der Waals surface area contributed by atoms with Crippen LogP contribution in [0.4, 0.5) is 0 Å². The molecular formula is C12H16N4O. The molecule has 1 N–H and O–H groups in total. The van der Waals surface area contributed by atoms with E-state index in [1.807, 2.05) is 30.3 Å². The predicted octanol–water partition coefficient (Wildman–Crippen LogP) is 1.50. The van der Waals surface area contributed by atoms with Crippen molar-refractivity contribution in [2.75, 3.05) is 6.61 Å². The van der Waals surface area contributed by atoms with Gasteiger partial charge >= 0.3 is 0 Å². The van der Waals surface area contributed by atoms with Gasteiger partial charge in [-0.1, -0.05) is 30.3 Å². The zero-order valence-corrected chi connectivity index (χ0v) is 9.66. The molecule has 0 radical (unpaired) electrons. The average molecular weight is 232 g/mol. The number of rotatable bonds is 6. The summed E-state index contributed by atoms with van der Waals surface area (Å²) in [6.45, 7) is 1.000. The summed E-state index contributed by atoms with van der Waals surface area (Å²) >= 11 is 0. The highest BCUT2D eigenvalue weighted by Crippen LogP contribution is 2.11. The van der Waals surface area contributed by atoms with E-state index in [1.54, 1.807) is 4.80 Å². The lowest BCUT2D eigenvalue weighted by atomic mass is 10.2. The number of aliphatic hydroxyl groups is 1. The Balaban J connectivity index is 1.92. The summed E-state index contributed by atoms with van der Waals surface area (Å²) in [5.41, 5.74) is 0.981. The number of aryl methyl sites for hydroxylation is 1. The summed E-state index contributed by atoms with van der Waals surface area (Å²) in [6, 6.07) is 9.80. The van der Waals surface area contributed by atoms with Crippen LogP contribution in [0.25, 0.3) is 11.4 Å². The fourth-order valence-corrected chi connectivity index (χ4v) is 1.58. The topological polar surface area (TPSA) is 63.8 Å². The molecule has 0 aliphatic heterocycles. The van der Waals surface area contributed by atoms with Gasteiger partial charge in [0.05, 0.1) is 6.54 Å². The Morgan fingerprint density at radius 1 is 1.06 bits per heavy atom. The summed E-state index contributed by atoms with van der Waals surface area (Å²) in [5, 5.41) is 21.0. The van der Waals surface area contributed by atoms with Crippen LogP contribution >= 0.6 is 0 Å². The molecule has 2 rings (SSSR count). The summed E-state index contributed by atoms with van der Waals surface area (Å²) in [6.07, 6.45) is 2.78. The van der Waals surface area contributed by atoms with Crippen LogP contribution in [0.5, 0.6) is 0 Å². The van der Waals surface area contributed by atoms with Crippen molar-refractivity contribution in [2.24, 2.45) is 0 Å². The van der Waals surface area contributed by atoms with Crippen molar-refractivity contribution < 1.29 is 5.11 Å². The second kappa shape index (κ2) is 6.10. The number of aliphatic hydroxyl groups excluding tert-OH is 1. The Hall–Kier alpha value is -1.75. The zero-order valence-electron chi connectivity index (χ0n) is 9.66. The molecule has 0 bridgehead atoms. The van der Waals surface area contributed by atoms with E-state index in [-0.39, 0.29) is 6.61 Å². The number of benzene rings is 1. The number of tetrazole rings is 1. The van der Waals surface area contributed by atoms with E-state index < -0.39 is 0 Å². The Morgan fingerprint density at radius 3 is 2.65 bits per heavy atom. The highest BCUT2D eigenvalue weighted by atomic mass is 16.2. The van der Waals surface area contributed by atoms with Gasteiger partial charge in [0.2, 0.25) is 5.82 Å². The van der Waals surface area contributed by atoms with E-state index in [4.69, 9.17) is 5.11 Å². The third-order valence-corrected chi connectivity index (χ3v) is 2.50. The largest absolute Gasteiger partial charge is 0.396 e. The first-order valence-electron chi connectivity index (χ1n) is 5.84. The van der Waals surface area contributed by atoms with Gasteiger partial charge in [-0.05, 0) is 24.5 Å². The fraction of sp³-hybridized carbons (Fsp3) is 0.417. The molecule has 0 fully saturated rings. The quantitative estimate of drug-likeness (QED) is 0.767. The average Bonchev–Trinajstić information content (AvgIpc) is 2.85. The number of hydrogen-bond acceptors (Lipinski definition) is 4. The Kier molecular flexibility index (Phi) is 4.21. The van der Waals surface area contributed by atoms with Gasteiger partial charge in [0.1, 0.15) is 0 Å². The lowest BCUT2D eigenvalue weighted by Crippen LogP contribution is -2.02. The molecule has 0 aliphatic carbocycles. The molecule has 5 heteroatoms. The Morgan fingerprint density at radius 2 is 1.88 bits per heavy atom. The number of unbranched alkanes of at least 4 members (excludes halogenated alkanes) is 2. The fourth-order valence-electron chi connectivity index (χ4n) is 1.58. The number of nitrogens with zero attached hydrogens (tertiary/aromatic N) is 4. The molecular weight excluding hydrogens is 216 g/mol. The van der Waals surface area contributed by atoms with Gasteiger partial charge in [0, 0.05) is 12.2 Å². The van der Waals surface area contributed by atoms with Crippen LogP contribution in [0, 0.1) is 0 Å². The van der Waals surface area contributed by atoms with Crippen molar-refractivity contribution in [3.63, 3.8) is 0 Å². The van der Waals surface area contributed by atoms with Crippen molar-refractivity contribution in [1.82, 2.24) is 20.2 Å². The number of aromatic nitrogens is 4. The molecule has 0 saturated carbocycles. The van der Waals surface area contributed by atoms with Crippen LogP contribution in [0.15, 0.2) is 30.3 Å². The van der Waals surface area contributed by atoms with Gasteiger partial charge in [0.25, 0.3) is 0 Å². The van der Waals surface area contributed by atoms with Gasteiger partial charge in [-0.15, -0.1) is 10.2 Å². The Bertz CT molecular complexity index is 441. The minimum Gasteiger partial charge on any atom is -0.396 e. The minimum atomic E-state index is 0.250. The SMILES string of the molecule is OCCCCCn1nnc(-c2ccccc2)n1. The van der Waals surface area contributed by atoms with Crippen LogP contribution in [0.1, 0.15) is 19.3 Å². The lowest BCUT2D eigenvalue weighted by molar-refractivity contribution is 0.280. The number of hydrogen-bond donors (Lipinski definition) is 1. The molecule has 5 nitrogen and oxygen atoms in total. The van der Waals surface area contributed by atoms with Gasteiger partial charge in [-0.3, -0.25) is 0 Å². The molecule has 17 heavy (non-hydrogen) atoms. The van der Waals surface area contributed by atoms with Crippen molar-refractivity contribution in [3.8, 4) is 11.4 Å². The first-order valence-corrected chi connectivity index (χ1v) is 5.84. The zero-order chi connectivity index (χ0) is 11.9. The first-order chi connectivity index (χ1) is 8.40. The molecule has 0 atom stereocenters. The van der Waals surface area contributed by atoms with E-state index in [0.717, 1.165) is 31.4 Å². The molecule has 0 aliphatic rings. The maximum atomic E-state index is 8.67. The molecule has 0 saturated heterocycles. The highest BCUT2D eigenvalue weighted by Gasteiger charge is 2.04. The molecule has 1 aromatic carbocycles. The van der Waals surface area contributed by atoms with Crippen molar-refractivity contribution in [1.29, 1.82) is 0 Å². The lowest BCUT2D eigenvalue weighted by Gasteiger charge is -1.97. The summed E-state index contributed by atoms with van der Waals surface area (Å²) in [4.78, 5) is 1.61. The van der Waals surface area contributed by atoms with E-state index in [1.165, 1.54) is 0 Å². The third kappa shape index (κ3) is 3.35. The third-order valence-electron chi connectivity index (χ3n) is 2.50. The van der Waals surface area contributed by atoms with E-state index in [9.17, 15) is 0 Å². The van der Waals surface area contributed by atoms with Crippen LogP contribution < -0.4 is 0 Å². The summed E-state index contributed by atoms with van der Waals surface area (Å²) in [7, 11) is 0. The highest BCUT2D eigenvalue weighted by molar-refractivity contribution is 5.52.